The summed E-state index contributed by atoms with van der Waals surface area (Å²) in [7, 11) is 0. The molecule has 0 aliphatic rings. The van der Waals surface area contributed by atoms with Gasteiger partial charge in [0.15, 0.2) is 5.82 Å². The Bertz CT molecular complexity index is 752. The van der Waals surface area contributed by atoms with Crippen LogP contribution in [-0.2, 0) is 4.79 Å². The van der Waals surface area contributed by atoms with Crippen molar-refractivity contribution in [2.45, 2.75) is 13.0 Å². The molecule has 0 saturated carbocycles. The normalized spacial score (nSPS) is 12.2. The van der Waals surface area contributed by atoms with E-state index in [4.69, 9.17) is 0 Å². The Hall–Kier alpha value is -2.76. The second-order valence-corrected chi connectivity index (χ2v) is 4.44. The zero-order chi connectivity index (χ0) is 13.9. The number of anilines is 1. The molecule has 0 radical (unpaired) electrons. The largest absolute Gasteiger partial charge is 0.361 e. The van der Waals surface area contributed by atoms with Crippen LogP contribution in [0.1, 0.15) is 6.92 Å². The Labute approximate surface area is 115 Å². The molecule has 0 aliphatic heterocycles. The predicted molar refractivity (Wildman–Crippen MR) is 76.3 cm³/mol. The molecule has 3 aromatic rings. The molecule has 100 valence electrons. The summed E-state index contributed by atoms with van der Waals surface area (Å²) in [5.74, 6) is 1.21. The van der Waals surface area contributed by atoms with Crippen molar-refractivity contribution in [1.82, 2.24) is 19.9 Å². The van der Waals surface area contributed by atoms with Crippen molar-refractivity contribution in [2.24, 2.45) is 0 Å². The molecule has 0 unspecified atom stereocenters. The fourth-order valence-corrected chi connectivity index (χ4v) is 1.98. The van der Waals surface area contributed by atoms with E-state index in [1.54, 1.807) is 25.4 Å². The molecule has 2 N–H and O–H groups in total. The molecule has 3 heterocycles. The summed E-state index contributed by atoms with van der Waals surface area (Å²) in [6, 6.07) is 5.28. The molecule has 0 spiro atoms. The van der Waals surface area contributed by atoms with E-state index < -0.39 is 0 Å². The molecule has 3 aromatic heterocycles. The summed E-state index contributed by atoms with van der Waals surface area (Å²) in [6.45, 7) is 1.77. The smallest absolute Gasteiger partial charge is 0.163 e. The van der Waals surface area contributed by atoms with Crippen LogP contribution in [0.2, 0.25) is 0 Å². The van der Waals surface area contributed by atoms with E-state index in [2.05, 4.69) is 25.3 Å². The van der Waals surface area contributed by atoms with Gasteiger partial charge in [-0.1, -0.05) is 0 Å². The van der Waals surface area contributed by atoms with Crippen molar-refractivity contribution >= 4 is 23.1 Å². The van der Waals surface area contributed by atoms with Gasteiger partial charge in [-0.15, -0.1) is 0 Å². The molecular formula is C14H13N5O. The number of H-pyrrole nitrogens is 1. The molecule has 0 bridgehead atoms. The van der Waals surface area contributed by atoms with Crippen LogP contribution in [0.5, 0.6) is 0 Å². The fraction of sp³-hybridized carbons (Fsp3) is 0.143. The number of hydrogen-bond donors (Lipinski definition) is 2. The van der Waals surface area contributed by atoms with Gasteiger partial charge in [-0.2, -0.15) is 0 Å². The first-order chi connectivity index (χ1) is 9.78. The van der Waals surface area contributed by atoms with E-state index >= 15 is 0 Å². The molecule has 0 aliphatic carbocycles. The minimum Gasteiger partial charge on any atom is -0.361 e. The highest BCUT2D eigenvalue weighted by molar-refractivity contribution is 5.91. The highest BCUT2D eigenvalue weighted by Crippen LogP contribution is 2.25. The van der Waals surface area contributed by atoms with Crippen LogP contribution in [0.15, 0.2) is 36.8 Å². The van der Waals surface area contributed by atoms with Gasteiger partial charge in [0.2, 0.25) is 0 Å². The molecule has 3 rings (SSSR count). The lowest BCUT2D eigenvalue weighted by Gasteiger charge is -2.08. The van der Waals surface area contributed by atoms with Crippen LogP contribution in [0, 0.1) is 0 Å². The van der Waals surface area contributed by atoms with Gasteiger partial charge in [0.25, 0.3) is 0 Å². The van der Waals surface area contributed by atoms with Crippen molar-refractivity contribution in [3.63, 3.8) is 0 Å². The van der Waals surface area contributed by atoms with Gasteiger partial charge >= 0.3 is 0 Å². The van der Waals surface area contributed by atoms with Crippen molar-refractivity contribution in [2.75, 3.05) is 5.32 Å². The second-order valence-electron chi connectivity index (χ2n) is 4.44. The van der Waals surface area contributed by atoms with Gasteiger partial charge in [0, 0.05) is 29.5 Å². The van der Waals surface area contributed by atoms with Crippen molar-refractivity contribution < 1.29 is 4.79 Å². The third-order valence-corrected chi connectivity index (χ3v) is 2.93. The van der Waals surface area contributed by atoms with Crippen LogP contribution in [0.4, 0.5) is 5.82 Å². The van der Waals surface area contributed by atoms with Gasteiger partial charge in [-0.25, -0.2) is 15.0 Å². The Balaban J connectivity index is 2.02. The number of nitrogens with zero attached hydrogens (tertiary/aromatic N) is 3. The SMILES string of the molecule is C[C@@H](C=O)Nc1ccnc(-c2c[nH]c3ncccc23)n1. The first-order valence-corrected chi connectivity index (χ1v) is 6.25. The molecule has 6 nitrogen and oxygen atoms in total. The molecule has 20 heavy (non-hydrogen) atoms. The molecule has 0 fully saturated rings. The molecule has 6 heteroatoms. The van der Waals surface area contributed by atoms with Crippen molar-refractivity contribution in [3.05, 3.63) is 36.8 Å². The Kier molecular flexibility index (Phi) is 3.12. The summed E-state index contributed by atoms with van der Waals surface area (Å²) < 4.78 is 0. The van der Waals surface area contributed by atoms with Crippen molar-refractivity contribution in [3.8, 4) is 11.4 Å². The number of fused-ring (bicyclic) bond motifs is 1. The number of aromatic nitrogens is 4. The first-order valence-electron chi connectivity index (χ1n) is 6.25. The van der Waals surface area contributed by atoms with E-state index in [9.17, 15) is 4.79 Å². The third kappa shape index (κ3) is 2.23. The lowest BCUT2D eigenvalue weighted by atomic mass is 10.2. The van der Waals surface area contributed by atoms with Crippen LogP contribution < -0.4 is 5.32 Å². The van der Waals surface area contributed by atoms with Crippen LogP contribution in [0.3, 0.4) is 0 Å². The minimum atomic E-state index is -0.289. The van der Waals surface area contributed by atoms with E-state index in [1.807, 2.05) is 18.3 Å². The van der Waals surface area contributed by atoms with E-state index in [0.717, 1.165) is 22.9 Å². The van der Waals surface area contributed by atoms with E-state index in [0.29, 0.717) is 11.6 Å². The number of carbonyl (C=O) groups is 1. The molecular weight excluding hydrogens is 254 g/mol. The summed E-state index contributed by atoms with van der Waals surface area (Å²) >= 11 is 0. The van der Waals surface area contributed by atoms with E-state index in [1.165, 1.54) is 0 Å². The number of rotatable bonds is 4. The maximum absolute atomic E-state index is 10.7. The predicted octanol–water partition coefficient (Wildman–Crippen LogP) is 2.02. The topological polar surface area (TPSA) is 83.6 Å². The number of aromatic amines is 1. The summed E-state index contributed by atoms with van der Waals surface area (Å²) in [4.78, 5) is 26.7. The van der Waals surface area contributed by atoms with Gasteiger partial charge in [0.05, 0.1) is 6.04 Å². The van der Waals surface area contributed by atoms with Crippen molar-refractivity contribution in [1.29, 1.82) is 0 Å². The quantitative estimate of drug-likeness (QED) is 0.706. The van der Waals surface area contributed by atoms with Gasteiger partial charge < -0.3 is 15.1 Å². The Morgan fingerprint density at radius 2 is 2.20 bits per heavy atom. The lowest BCUT2D eigenvalue weighted by molar-refractivity contribution is -0.108. The summed E-state index contributed by atoms with van der Waals surface area (Å²) in [5, 5.41) is 3.96. The van der Waals surface area contributed by atoms with Crippen LogP contribution in [-0.4, -0.2) is 32.3 Å². The Morgan fingerprint density at radius 1 is 1.30 bits per heavy atom. The Morgan fingerprint density at radius 3 is 3.05 bits per heavy atom. The standard InChI is InChI=1S/C14H13N5O/c1-9(8-20)18-12-4-6-16-14(19-12)11-7-17-13-10(11)3-2-5-15-13/h2-9H,1H3,(H,15,17)(H,16,18,19)/t9-/m0/s1. The lowest BCUT2D eigenvalue weighted by Crippen LogP contribution is -2.17. The van der Waals surface area contributed by atoms with Gasteiger partial charge in [-0.05, 0) is 25.1 Å². The molecule has 0 saturated heterocycles. The summed E-state index contributed by atoms with van der Waals surface area (Å²) in [5.41, 5.74) is 1.68. The highest BCUT2D eigenvalue weighted by atomic mass is 16.1. The van der Waals surface area contributed by atoms with Crippen LogP contribution >= 0.6 is 0 Å². The number of hydrogen-bond acceptors (Lipinski definition) is 5. The average Bonchev–Trinajstić information content (AvgIpc) is 2.91. The molecule has 1 atom stereocenters. The second kappa shape index (κ2) is 5.08. The zero-order valence-electron chi connectivity index (χ0n) is 10.9. The fourth-order valence-electron chi connectivity index (χ4n) is 1.98. The average molecular weight is 267 g/mol. The first kappa shape index (κ1) is 12.3. The number of carbonyl (C=O) groups excluding carboxylic acids is 1. The number of nitrogens with one attached hydrogen (secondary N) is 2. The number of pyridine rings is 1. The zero-order valence-corrected chi connectivity index (χ0v) is 10.9. The van der Waals surface area contributed by atoms with Gasteiger partial charge in [0.1, 0.15) is 17.8 Å². The highest BCUT2D eigenvalue weighted by Gasteiger charge is 2.10. The van der Waals surface area contributed by atoms with Gasteiger partial charge in [-0.3, -0.25) is 0 Å². The molecule has 0 amide bonds. The van der Waals surface area contributed by atoms with Crippen LogP contribution in [0.25, 0.3) is 22.4 Å². The minimum absolute atomic E-state index is 0.289. The monoisotopic (exact) mass is 267 g/mol. The summed E-state index contributed by atoms with van der Waals surface area (Å²) in [6.07, 6.45) is 6.06. The van der Waals surface area contributed by atoms with E-state index in [-0.39, 0.29) is 6.04 Å². The number of aldehydes is 1. The third-order valence-electron chi connectivity index (χ3n) is 2.93. The maximum atomic E-state index is 10.7. The maximum Gasteiger partial charge on any atom is 0.163 e. The molecule has 0 aromatic carbocycles.